The van der Waals surface area contributed by atoms with E-state index in [1.165, 1.54) is 5.56 Å². The number of hydrogen-bond acceptors (Lipinski definition) is 6. The van der Waals surface area contributed by atoms with E-state index in [0.29, 0.717) is 0 Å². The van der Waals surface area contributed by atoms with E-state index >= 15 is 0 Å². The smallest absolute Gasteiger partial charge is 0.290 e. The number of ether oxygens (including phenoxy) is 1. The lowest BCUT2D eigenvalue weighted by molar-refractivity contribution is -0.122. The molecule has 0 atom stereocenters. The monoisotopic (exact) mass is 419 g/mol. The zero-order valence-electron chi connectivity index (χ0n) is 17.7. The lowest BCUT2D eigenvalue weighted by atomic mass is 10.1. The minimum absolute atomic E-state index is 0.250. The van der Waals surface area contributed by atoms with Crippen molar-refractivity contribution < 1.29 is 14.6 Å². The highest BCUT2D eigenvalue weighted by Crippen LogP contribution is 2.34. The van der Waals surface area contributed by atoms with Crippen molar-refractivity contribution in [3.05, 3.63) is 48.2 Å². The van der Waals surface area contributed by atoms with Gasteiger partial charge in [-0.1, -0.05) is 18.2 Å². The van der Waals surface area contributed by atoms with Crippen LogP contribution >= 0.6 is 0 Å². The number of rotatable bonds is 3. The van der Waals surface area contributed by atoms with Crippen molar-refractivity contribution in [2.45, 2.75) is 20.4 Å². The number of hydrogen-bond donors (Lipinski definition) is 1. The van der Waals surface area contributed by atoms with Crippen LogP contribution in [0.2, 0.25) is 0 Å². The largest absolute Gasteiger partial charge is 0.483 e. The molecule has 1 saturated heterocycles. The van der Waals surface area contributed by atoms with E-state index in [-0.39, 0.29) is 6.47 Å². The summed E-state index contributed by atoms with van der Waals surface area (Å²) in [5, 5.41) is 12.5. The number of morpholine rings is 1. The molecule has 8 nitrogen and oxygen atoms in total. The summed E-state index contributed by atoms with van der Waals surface area (Å²) in [5.74, 6) is 0.983. The number of carboxylic acid groups (broad SMARTS) is 1. The number of fused-ring (bicyclic) bond motifs is 2. The molecule has 4 heterocycles. The highest BCUT2D eigenvalue weighted by Gasteiger charge is 2.20. The molecule has 0 radical (unpaired) electrons. The SMILES string of the molecule is CCn1ncc2nc(-c3cc4ccccc4nc3N3CCOCC3)cc(C)c21.O=CO. The molecule has 1 aromatic carbocycles. The Balaban J connectivity index is 0.000000730. The molecule has 31 heavy (non-hydrogen) atoms. The molecule has 0 bridgehead atoms. The van der Waals surface area contributed by atoms with Gasteiger partial charge in [0.15, 0.2) is 0 Å². The predicted molar refractivity (Wildman–Crippen MR) is 120 cm³/mol. The van der Waals surface area contributed by atoms with E-state index in [2.05, 4.69) is 54.2 Å². The zero-order valence-corrected chi connectivity index (χ0v) is 17.7. The standard InChI is InChI=1S/C22H23N5O.CH2O2/c1-3-27-21-15(2)12-19(24-20(21)14-23-27)17-13-16-6-4-5-7-18(16)25-22(17)26-8-10-28-11-9-26;2-1-3/h4-7,12-14H,3,8-11H2,1-2H3;1H,(H,2,3). The van der Waals surface area contributed by atoms with E-state index in [9.17, 15) is 0 Å². The summed E-state index contributed by atoms with van der Waals surface area (Å²) in [6.07, 6.45) is 1.86. The molecule has 8 heteroatoms. The second-order valence-corrected chi connectivity index (χ2v) is 7.28. The number of nitrogens with zero attached hydrogens (tertiary/aromatic N) is 5. The molecule has 0 aliphatic carbocycles. The third kappa shape index (κ3) is 4.06. The van der Waals surface area contributed by atoms with Gasteiger partial charge in [-0.05, 0) is 37.6 Å². The van der Waals surface area contributed by atoms with Gasteiger partial charge in [-0.2, -0.15) is 5.10 Å². The fourth-order valence-corrected chi connectivity index (χ4v) is 3.99. The summed E-state index contributed by atoms with van der Waals surface area (Å²) in [6.45, 7) is 7.95. The second kappa shape index (κ2) is 9.09. The quantitative estimate of drug-likeness (QED) is 0.508. The maximum absolute atomic E-state index is 8.36. The Morgan fingerprint density at radius 2 is 1.87 bits per heavy atom. The minimum Gasteiger partial charge on any atom is -0.483 e. The van der Waals surface area contributed by atoms with Crippen molar-refractivity contribution >= 4 is 34.2 Å². The lowest BCUT2D eigenvalue weighted by Gasteiger charge is -2.29. The van der Waals surface area contributed by atoms with Crippen LogP contribution in [0.1, 0.15) is 12.5 Å². The van der Waals surface area contributed by atoms with Crippen molar-refractivity contribution in [1.29, 1.82) is 0 Å². The Morgan fingerprint density at radius 3 is 2.61 bits per heavy atom. The summed E-state index contributed by atoms with van der Waals surface area (Å²) in [6, 6.07) is 12.6. The van der Waals surface area contributed by atoms with E-state index < -0.39 is 0 Å². The molecular formula is C23H25N5O3. The maximum Gasteiger partial charge on any atom is 0.290 e. The van der Waals surface area contributed by atoms with E-state index in [0.717, 1.165) is 71.9 Å². The molecule has 1 aliphatic rings. The van der Waals surface area contributed by atoms with Gasteiger partial charge in [0.05, 0.1) is 36.1 Å². The van der Waals surface area contributed by atoms with Crippen molar-refractivity contribution in [3.8, 4) is 11.3 Å². The van der Waals surface area contributed by atoms with Crippen molar-refractivity contribution in [3.63, 3.8) is 0 Å². The fraction of sp³-hybridized carbons (Fsp3) is 0.304. The van der Waals surface area contributed by atoms with Gasteiger partial charge in [0.1, 0.15) is 11.3 Å². The predicted octanol–water partition coefficient (Wildman–Crippen LogP) is 3.51. The van der Waals surface area contributed by atoms with Crippen LogP contribution < -0.4 is 4.90 Å². The third-order valence-electron chi connectivity index (χ3n) is 5.38. The Kier molecular flexibility index (Phi) is 6.08. The van der Waals surface area contributed by atoms with Crippen LogP contribution in [0.4, 0.5) is 5.82 Å². The number of aryl methyl sites for hydroxylation is 2. The van der Waals surface area contributed by atoms with E-state index in [4.69, 9.17) is 24.6 Å². The van der Waals surface area contributed by atoms with Crippen LogP contribution in [0.3, 0.4) is 0 Å². The Morgan fingerprint density at radius 1 is 1.13 bits per heavy atom. The molecule has 160 valence electrons. The topological polar surface area (TPSA) is 93.4 Å². The highest BCUT2D eigenvalue weighted by molar-refractivity contribution is 5.91. The summed E-state index contributed by atoms with van der Waals surface area (Å²) in [4.78, 5) is 20.6. The van der Waals surface area contributed by atoms with Crippen molar-refractivity contribution in [2.24, 2.45) is 0 Å². The zero-order chi connectivity index (χ0) is 21.8. The molecule has 5 rings (SSSR count). The minimum atomic E-state index is -0.250. The van der Waals surface area contributed by atoms with Crippen molar-refractivity contribution in [1.82, 2.24) is 19.7 Å². The van der Waals surface area contributed by atoms with Gasteiger partial charge in [0.25, 0.3) is 6.47 Å². The average Bonchev–Trinajstić information content (AvgIpc) is 3.23. The Hall–Kier alpha value is -3.52. The van der Waals surface area contributed by atoms with E-state index in [1.807, 2.05) is 16.9 Å². The molecule has 3 aromatic heterocycles. The molecule has 0 spiro atoms. The molecule has 1 N–H and O–H groups in total. The number of anilines is 1. The number of pyridine rings is 2. The van der Waals surface area contributed by atoms with Gasteiger partial charge in [0, 0.05) is 30.6 Å². The molecule has 0 saturated carbocycles. The maximum atomic E-state index is 8.36. The Bertz CT molecular complexity index is 1210. The van der Waals surface area contributed by atoms with Crippen LogP contribution in [-0.4, -0.2) is 57.6 Å². The average molecular weight is 419 g/mol. The normalized spacial score (nSPS) is 13.8. The van der Waals surface area contributed by atoms with Crippen LogP contribution in [-0.2, 0) is 16.1 Å². The van der Waals surface area contributed by atoms with Crippen LogP contribution in [0.5, 0.6) is 0 Å². The molecular weight excluding hydrogens is 394 g/mol. The number of aromatic nitrogens is 4. The van der Waals surface area contributed by atoms with Gasteiger partial charge in [-0.3, -0.25) is 9.48 Å². The van der Waals surface area contributed by atoms with Crippen LogP contribution in [0, 0.1) is 6.92 Å². The molecule has 0 unspecified atom stereocenters. The molecule has 4 aromatic rings. The first-order chi connectivity index (χ1) is 15.2. The van der Waals surface area contributed by atoms with E-state index in [1.54, 1.807) is 0 Å². The summed E-state index contributed by atoms with van der Waals surface area (Å²) < 4.78 is 7.55. The Labute approximate surface area is 180 Å². The third-order valence-corrected chi connectivity index (χ3v) is 5.38. The van der Waals surface area contributed by atoms with Crippen molar-refractivity contribution in [2.75, 3.05) is 31.2 Å². The van der Waals surface area contributed by atoms with Gasteiger partial charge >= 0.3 is 0 Å². The van der Waals surface area contributed by atoms with Gasteiger partial charge < -0.3 is 14.7 Å². The first kappa shape index (κ1) is 20.7. The second-order valence-electron chi connectivity index (χ2n) is 7.28. The first-order valence-corrected chi connectivity index (χ1v) is 10.3. The first-order valence-electron chi connectivity index (χ1n) is 10.3. The van der Waals surface area contributed by atoms with Crippen LogP contribution in [0.25, 0.3) is 33.2 Å². The van der Waals surface area contributed by atoms with Crippen LogP contribution in [0.15, 0.2) is 42.6 Å². The lowest BCUT2D eigenvalue weighted by Crippen LogP contribution is -2.37. The summed E-state index contributed by atoms with van der Waals surface area (Å²) in [5.41, 5.74) is 6.23. The summed E-state index contributed by atoms with van der Waals surface area (Å²) in [7, 11) is 0. The van der Waals surface area contributed by atoms with Gasteiger partial charge in [0.2, 0.25) is 0 Å². The summed E-state index contributed by atoms with van der Waals surface area (Å²) >= 11 is 0. The highest BCUT2D eigenvalue weighted by atomic mass is 16.5. The molecule has 0 amide bonds. The van der Waals surface area contributed by atoms with Gasteiger partial charge in [-0.15, -0.1) is 0 Å². The number of para-hydroxylation sites is 1. The number of carbonyl (C=O) groups is 1. The molecule has 1 fully saturated rings. The number of benzene rings is 1. The molecule has 1 aliphatic heterocycles. The van der Waals surface area contributed by atoms with Gasteiger partial charge in [-0.25, -0.2) is 9.97 Å². The fourth-order valence-electron chi connectivity index (χ4n) is 3.99.